The van der Waals surface area contributed by atoms with E-state index in [0.29, 0.717) is 5.78 Å². The summed E-state index contributed by atoms with van der Waals surface area (Å²) in [6.45, 7) is 4.18. The SMILES string of the molecule is CCC(CC)C(=O)C1Cc2ccccc2N1. The van der Waals surface area contributed by atoms with Gasteiger partial charge in [-0.3, -0.25) is 4.79 Å². The van der Waals surface area contributed by atoms with Crippen molar-refractivity contribution in [3.05, 3.63) is 29.8 Å². The van der Waals surface area contributed by atoms with E-state index in [9.17, 15) is 4.79 Å². The second-order valence-electron chi connectivity index (χ2n) is 4.47. The van der Waals surface area contributed by atoms with Gasteiger partial charge in [0.1, 0.15) is 0 Å². The molecule has 2 heteroatoms. The van der Waals surface area contributed by atoms with Gasteiger partial charge < -0.3 is 5.32 Å². The molecule has 1 aliphatic rings. The molecule has 0 fully saturated rings. The van der Waals surface area contributed by atoms with E-state index in [1.807, 2.05) is 12.1 Å². The lowest BCUT2D eigenvalue weighted by Gasteiger charge is -2.16. The topological polar surface area (TPSA) is 29.1 Å². The van der Waals surface area contributed by atoms with Crippen LogP contribution in [0.25, 0.3) is 0 Å². The number of rotatable bonds is 4. The van der Waals surface area contributed by atoms with Gasteiger partial charge in [-0.05, 0) is 24.5 Å². The zero-order valence-electron chi connectivity index (χ0n) is 9.99. The Morgan fingerprint density at radius 2 is 2.06 bits per heavy atom. The maximum absolute atomic E-state index is 12.2. The quantitative estimate of drug-likeness (QED) is 0.840. The molecule has 1 atom stereocenters. The van der Waals surface area contributed by atoms with Crippen LogP contribution in [0.5, 0.6) is 0 Å². The van der Waals surface area contributed by atoms with Crippen molar-refractivity contribution >= 4 is 11.5 Å². The molecule has 1 N–H and O–H groups in total. The maximum atomic E-state index is 12.2. The van der Waals surface area contributed by atoms with Crippen LogP contribution in [0.1, 0.15) is 32.3 Å². The fourth-order valence-corrected chi connectivity index (χ4v) is 2.45. The lowest BCUT2D eigenvalue weighted by Crippen LogP contribution is -2.32. The van der Waals surface area contributed by atoms with Crippen LogP contribution < -0.4 is 5.32 Å². The fraction of sp³-hybridized carbons (Fsp3) is 0.500. The number of ketones is 1. The first kappa shape index (κ1) is 11.2. The van der Waals surface area contributed by atoms with Crippen molar-refractivity contribution in [1.82, 2.24) is 0 Å². The van der Waals surface area contributed by atoms with Crippen molar-refractivity contribution < 1.29 is 4.79 Å². The van der Waals surface area contributed by atoms with Crippen LogP contribution in [0.4, 0.5) is 5.69 Å². The van der Waals surface area contributed by atoms with Gasteiger partial charge in [0.2, 0.25) is 0 Å². The van der Waals surface area contributed by atoms with E-state index < -0.39 is 0 Å². The number of hydrogen-bond donors (Lipinski definition) is 1. The normalized spacial score (nSPS) is 18.3. The third-order valence-electron chi connectivity index (χ3n) is 3.50. The molecule has 1 aromatic rings. The first-order valence-electron chi connectivity index (χ1n) is 6.14. The van der Waals surface area contributed by atoms with Gasteiger partial charge in [-0.25, -0.2) is 0 Å². The molecule has 1 heterocycles. The Hall–Kier alpha value is -1.31. The lowest BCUT2D eigenvalue weighted by molar-refractivity contribution is -0.123. The van der Waals surface area contributed by atoms with E-state index in [4.69, 9.17) is 0 Å². The van der Waals surface area contributed by atoms with Gasteiger partial charge in [-0.1, -0.05) is 32.0 Å². The van der Waals surface area contributed by atoms with Gasteiger partial charge in [-0.15, -0.1) is 0 Å². The predicted molar refractivity (Wildman–Crippen MR) is 66.6 cm³/mol. The van der Waals surface area contributed by atoms with Gasteiger partial charge in [0.05, 0.1) is 6.04 Å². The Bertz CT molecular complexity index is 357. The molecule has 0 bridgehead atoms. The molecule has 1 aliphatic heterocycles. The molecule has 0 saturated heterocycles. The van der Waals surface area contributed by atoms with Crippen molar-refractivity contribution in [1.29, 1.82) is 0 Å². The third-order valence-corrected chi connectivity index (χ3v) is 3.50. The van der Waals surface area contributed by atoms with Gasteiger partial charge in [-0.2, -0.15) is 0 Å². The number of carbonyl (C=O) groups excluding carboxylic acids is 1. The highest BCUT2D eigenvalue weighted by Gasteiger charge is 2.29. The molecule has 2 rings (SSSR count). The molecule has 0 radical (unpaired) electrons. The largest absolute Gasteiger partial charge is 0.375 e. The maximum Gasteiger partial charge on any atom is 0.158 e. The molecule has 1 unspecified atom stereocenters. The van der Waals surface area contributed by atoms with Crippen molar-refractivity contribution in [2.75, 3.05) is 5.32 Å². The molecule has 86 valence electrons. The van der Waals surface area contributed by atoms with Crippen LogP contribution in [0.2, 0.25) is 0 Å². The Labute approximate surface area is 97.1 Å². The monoisotopic (exact) mass is 217 g/mol. The summed E-state index contributed by atoms with van der Waals surface area (Å²) in [5, 5.41) is 3.33. The smallest absolute Gasteiger partial charge is 0.158 e. The average Bonchev–Trinajstić information content (AvgIpc) is 2.74. The van der Waals surface area contributed by atoms with Crippen LogP contribution in [-0.2, 0) is 11.2 Å². The first-order valence-corrected chi connectivity index (χ1v) is 6.14. The minimum absolute atomic E-state index is 0.00213. The summed E-state index contributed by atoms with van der Waals surface area (Å²) in [4.78, 5) is 12.2. The third kappa shape index (κ3) is 1.97. The van der Waals surface area contributed by atoms with Gasteiger partial charge >= 0.3 is 0 Å². The van der Waals surface area contributed by atoms with Gasteiger partial charge in [0.25, 0.3) is 0 Å². The van der Waals surface area contributed by atoms with E-state index in [0.717, 1.165) is 24.9 Å². The molecular weight excluding hydrogens is 198 g/mol. The summed E-state index contributed by atoms with van der Waals surface area (Å²) >= 11 is 0. The Balaban J connectivity index is 2.08. The average molecular weight is 217 g/mol. The number of carbonyl (C=O) groups is 1. The molecule has 1 aromatic carbocycles. The van der Waals surface area contributed by atoms with E-state index in [1.165, 1.54) is 5.56 Å². The second kappa shape index (κ2) is 4.69. The molecule has 2 nitrogen and oxygen atoms in total. The molecule has 0 aliphatic carbocycles. The van der Waals surface area contributed by atoms with E-state index in [2.05, 4.69) is 31.3 Å². The van der Waals surface area contributed by atoms with Crippen LogP contribution in [0.15, 0.2) is 24.3 Å². The molecule has 16 heavy (non-hydrogen) atoms. The molecular formula is C14H19NO. The summed E-state index contributed by atoms with van der Waals surface area (Å²) in [5.41, 5.74) is 2.40. The van der Waals surface area contributed by atoms with E-state index in [1.54, 1.807) is 0 Å². The summed E-state index contributed by atoms with van der Waals surface area (Å²) < 4.78 is 0. The van der Waals surface area contributed by atoms with Crippen molar-refractivity contribution in [3.8, 4) is 0 Å². The number of benzene rings is 1. The highest BCUT2D eigenvalue weighted by Crippen LogP contribution is 2.27. The summed E-state index contributed by atoms with van der Waals surface area (Å²) in [7, 11) is 0. The molecule has 0 saturated carbocycles. The van der Waals surface area contributed by atoms with Crippen LogP contribution in [0, 0.1) is 5.92 Å². The number of anilines is 1. The number of para-hydroxylation sites is 1. The summed E-state index contributed by atoms with van der Waals surface area (Å²) in [5.74, 6) is 0.591. The van der Waals surface area contributed by atoms with E-state index in [-0.39, 0.29) is 12.0 Å². The predicted octanol–water partition coefficient (Wildman–Crippen LogP) is 3.03. The highest BCUT2D eigenvalue weighted by atomic mass is 16.1. The first-order chi connectivity index (χ1) is 7.76. The molecule has 0 aromatic heterocycles. The van der Waals surface area contributed by atoms with Crippen molar-refractivity contribution in [2.45, 2.75) is 39.2 Å². The Morgan fingerprint density at radius 3 is 2.69 bits per heavy atom. The standard InChI is InChI=1S/C14H19NO/c1-3-10(4-2)14(16)13-9-11-7-5-6-8-12(11)15-13/h5-8,10,13,15H,3-4,9H2,1-2H3. The number of nitrogens with one attached hydrogen (secondary N) is 1. The van der Waals surface area contributed by atoms with Gasteiger partial charge in [0.15, 0.2) is 5.78 Å². The van der Waals surface area contributed by atoms with Crippen molar-refractivity contribution in [2.24, 2.45) is 5.92 Å². The second-order valence-corrected chi connectivity index (χ2v) is 4.47. The van der Waals surface area contributed by atoms with Crippen LogP contribution in [0.3, 0.4) is 0 Å². The minimum Gasteiger partial charge on any atom is -0.375 e. The number of hydrogen-bond acceptors (Lipinski definition) is 2. The fourth-order valence-electron chi connectivity index (χ4n) is 2.45. The zero-order valence-corrected chi connectivity index (χ0v) is 9.99. The lowest BCUT2D eigenvalue weighted by atomic mass is 9.92. The minimum atomic E-state index is 0.00213. The Morgan fingerprint density at radius 1 is 1.38 bits per heavy atom. The zero-order chi connectivity index (χ0) is 11.5. The number of Topliss-reactive ketones (excluding diaryl/α,β-unsaturated/α-hetero) is 1. The summed E-state index contributed by atoms with van der Waals surface area (Å²) in [6.07, 6.45) is 2.75. The molecule has 0 spiro atoms. The van der Waals surface area contributed by atoms with Gasteiger partial charge in [0, 0.05) is 18.0 Å². The Kier molecular flexibility index (Phi) is 3.28. The number of fused-ring (bicyclic) bond motifs is 1. The van der Waals surface area contributed by atoms with Crippen LogP contribution >= 0.6 is 0 Å². The van der Waals surface area contributed by atoms with Crippen molar-refractivity contribution in [3.63, 3.8) is 0 Å². The van der Waals surface area contributed by atoms with E-state index >= 15 is 0 Å². The highest BCUT2D eigenvalue weighted by molar-refractivity contribution is 5.90. The molecule has 0 amide bonds. The summed E-state index contributed by atoms with van der Waals surface area (Å²) in [6, 6.07) is 8.19. The van der Waals surface area contributed by atoms with Crippen LogP contribution in [-0.4, -0.2) is 11.8 Å².